The Kier molecular flexibility index (Phi) is 4.60. The highest BCUT2D eigenvalue weighted by atomic mass is 15.2. The van der Waals surface area contributed by atoms with Gasteiger partial charge in [-0.05, 0) is 52.7 Å². The maximum absolute atomic E-state index is 3.53. The van der Waals surface area contributed by atoms with Crippen LogP contribution in [-0.4, -0.2) is 36.6 Å². The van der Waals surface area contributed by atoms with Crippen LogP contribution in [0.25, 0.3) is 0 Å². The highest BCUT2D eigenvalue weighted by molar-refractivity contribution is 4.96. The van der Waals surface area contributed by atoms with E-state index in [-0.39, 0.29) is 0 Å². The van der Waals surface area contributed by atoms with E-state index in [0.29, 0.717) is 11.6 Å². The lowest BCUT2D eigenvalue weighted by atomic mass is 9.83. The van der Waals surface area contributed by atoms with Gasteiger partial charge >= 0.3 is 0 Å². The van der Waals surface area contributed by atoms with E-state index < -0.39 is 0 Å². The first-order valence-corrected chi connectivity index (χ1v) is 6.46. The van der Waals surface area contributed by atoms with Gasteiger partial charge in [-0.25, -0.2) is 0 Å². The summed E-state index contributed by atoms with van der Waals surface area (Å²) in [6.45, 7) is 12.0. The molecule has 0 amide bonds. The topological polar surface area (TPSA) is 15.3 Å². The van der Waals surface area contributed by atoms with Crippen molar-refractivity contribution in [3.05, 3.63) is 0 Å². The molecule has 0 aromatic heterocycles. The summed E-state index contributed by atoms with van der Waals surface area (Å²) in [5.74, 6) is 0.741. The normalized spacial score (nSPS) is 23.0. The lowest BCUT2D eigenvalue weighted by molar-refractivity contribution is 0.0840. The van der Waals surface area contributed by atoms with Crippen LogP contribution in [0.2, 0.25) is 0 Å². The molecule has 0 aromatic carbocycles. The smallest absolute Gasteiger partial charge is 0.0308 e. The molecule has 2 heteroatoms. The fourth-order valence-corrected chi connectivity index (χ4v) is 3.06. The standard InChI is InChI=1S/C13H28N2/c1-6-11(2)12(14-5)13(3,4)15-9-7-8-10-15/h11-12,14H,6-10H2,1-5H3. The van der Waals surface area contributed by atoms with Crippen molar-refractivity contribution in [1.29, 1.82) is 0 Å². The lowest BCUT2D eigenvalue weighted by Gasteiger charge is -2.44. The van der Waals surface area contributed by atoms with Gasteiger partial charge in [-0.3, -0.25) is 4.90 Å². The van der Waals surface area contributed by atoms with E-state index in [2.05, 4.69) is 45.0 Å². The molecule has 90 valence electrons. The molecule has 1 heterocycles. The summed E-state index contributed by atoms with van der Waals surface area (Å²) in [4.78, 5) is 2.65. The first-order valence-electron chi connectivity index (χ1n) is 6.46. The molecule has 1 fully saturated rings. The zero-order valence-corrected chi connectivity index (χ0v) is 11.1. The van der Waals surface area contributed by atoms with Crippen molar-refractivity contribution in [3.8, 4) is 0 Å². The summed E-state index contributed by atoms with van der Waals surface area (Å²) < 4.78 is 0. The van der Waals surface area contributed by atoms with Crippen molar-refractivity contribution in [3.63, 3.8) is 0 Å². The number of hydrogen-bond acceptors (Lipinski definition) is 2. The van der Waals surface area contributed by atoms with Crippen molar-refractivity contribution in [2.45, 2.75) is 58.5 Å². The van der Waals surface area contributed by atoms with Gasteiger partial charge in [0.2, 0.25) is 0 Å². The number of nitrogens with zero attached hydrogens (tertiary/aromatic N) is 1. The molecule has 1 rings (SSSR count). The van der Waals surface area contributed by atoms with Crippen LogP contribution in [0, 0.1) is 5.92 Å². The van der Waals surface area contributed by atoms with Gasteiger partial charge in [0.15, 0.2) is 0 Å². The largest absolute Gasteiger partial charge is 0.315 e. The highest BCUT2D eigenvalue weighted by Crippen LogP contribution is 2.28. The van der Waals surface area contributed by atoms with Crippen LogP contribution < -0.4 is 5.32 Å². The van der Waals surface area contributed by atoms with E-state index in [1.807, 2.05) is 0 Å². The number of likely N-dealkylation sites (N-methyl/N-ethyl adjacent to an activating group) is 1. The molecule has 1 saturated heterocycles. The SMILES string of the molecule is CCC(C)C(NC)C(C)(C)N1CCCC1. The lowest BCUT2D eigenvalue weighted by Crippen LogP contribution is -2.58. The quantitative estimate of drug-likeness (QED) is 0.753. The third-order valence-corrected chi connectivity index (χ3v) is 4.21. The summed E-state index contributed by atoms with van der Waals surface area (Å²) in [6.07, 6.45) is 4.00. The molecule has 2 unspecified atom stereocenters. The molecule has 1 aliphatic heterocycles. The summed E-state index contributed by atoms with van der Waals surface area (Å²) in [6, 6.07) is 0.598. The van der Waals surface area contributed by atoms with Crippen LogP contribution in [0.5, 0.6) is 0 Å². The minimum Gasteiger partial charge on any atom is -0.315 e. The van der Waals surface area contributed by atoms with Gasteiger partial charge in [-0.2, -0.15) is 0 Å². The monoisotopic (exact) mass is 212 g/mol. The fraction of sp³-hybridized carbons (Fsp3) is 1.00. The van der Waals surface area contributed by atoms with Crippen LogP contribution in [0.4, 0.5) is 0 Å². The minimum atomic E-state index is 0.292. The maximum atomic E-state index is 3.53. The number of hydrogen-bond donors (Lipinski definition) is 1. The molecule has 2 atom stereocenters. The first-order chi connectivity index (χ1) is 7.04. The van der Waals surface area contributed by atoms with Crippen LogP contribution >= 0.6 is 0 Å². The Hall–Kier alpha value is -0.0800. The van der Waals surface area contributed by atoms with Gasteiger partial charge in [0.25, 0.3) is 0 Å². The summed E-state index contributed by atoms with van der Waals surface area (Å²) in [5, 5.41) is 3.53. The Morgan fingerprint density at radius 1 is 1.27 bits per heavy atom. The number of rotatable bonds is 5. The molecule has 0 aliphatic carbocycles. The van der Waals surface area contributed by atoms with Crippen LogP contribution in [0.15, 0.2) is 0 Å². The van der Waals surface area contributed by atoms with E-state index >= 15 is 0 Å². The van der Waals surface area contributed by atoms with Gasteiger partial charge in [0.05, 0.1) is 0 Å². The second-order valence-corrected chi connectivity index (χ2v) is 5.50. The summed E-state index contributed by atoms with van der Waals surface area (Å²) in [5.41, 5.74) is 0.292. The fourth-order valence-electron chi connectivity index (χ4n) is 3.06. The van der Waals surface area contributed by atoms with Gasteiger partial charge in [0, 0.05) is 11.6 Å². The Morgan fingerprint density at radius 3 is 2.20 bits per heavy atom. The highest BCUT2D eigenvalue weighted by Gasteiger charge is 2.37. The van der Waals surface area contributed by atoms with E-state index in [1.54, 1.807) is 0 Å². The van der Waals surface area contributed by atoms with Gasteiger partial charge in [-0.1, -0.05) is 20.3 Å². The summed E-state index contributed by atoms with van der Waals surface area (Å²) in [7, 11) is 2.11. The van der Waals surface area contributed by atoms with Gasteiger partial charge in [-0.15, -0.1) is 0 Å². The predicted octanol–water partition coefficient (Wildman–Crippen LogP) is 2.49. The van der Waals surface area contributed by atoms with Crippen LogP contribution in [-0.2, 0) is 0 Å². The first kappa shape index (κ1) is 13.0. The molecule has 0 bridgehead atoms. The van der Waals surface area contributed by atoms with Crippen molar-refractivity contribution in [2.24, 2.45) is 5.92 Å². The van der Waals surface area contributed by atoms with E-state index in [1.165, 1.54) is 32.4 Å². The van der Waals surface area contributed by atoms with Crippen LogP contribution in [0.1, 0.15) is 47.0 Å². The van der Waals surface area contributed by atoms with Crippen LogP contribution in [0.3, 0.4) is 0 Å². The van der Waals surface area contributed by atoms with E-state index in [9.17, 15) is 0 Å². The zero-order chi connectivity index (χ0) is 11.5. The molecular weight excluding hydrogens is 184 g/mol. The molecule has 0 aromatic rings. The molecule has 1 aliphatic rings. The average Bonchev–Trinajstić information content (AvgIpc) is 2.71. The minimum absolute atomic E-state index is 0.292. The number of likely N-dealkylation sites (tertiary alicyclic amines) is 1. The molecule has 2 nitrogen and oxygen atoms in total. The summed E-state index contributed by atoms with van der Waals surface area (Å²) >= 11 is 0. The molecule has 0 saturated carbocycles. The number of nitrogens with one attached hydrogen (secondary N) is 1. The molecule has 0 radical (unpaired) electrons. The molecule has 15 heavy (non-hydrogen) atoms. The molecular formula is C13H28N2. The second-order valence-electron chi connectivity index (χ2n) is 5.50. The van der Waals surface area contributed by atoms with Gasteiger partial charge in [0.1, 0.15) is 0 Å². The maximum Gasteiger partial charge on any atom is 0.0308 e. The predicted molar refractivity (Wildman–Crippen MR) is 67.2 cm³/mol. The third-order valence-electron chi connectivity index (χ3n) is 4.21. The Balaban J connectivity index is 2.70. The zero-order valence-electron chi connectivity index (χ0n) is 11.1. The molecule has 0 spiro atoms. The van der Waals surface area contributed by atoms with Crippen molar-refractivity contribution in [2.75, 3.05) is 20.1 Å². The second kappa shape index (κ2) is 5.31. The van der Waals surface area contributed by atoms with Crippen molar-refractivity contribution < 1.29 is 0 Å². The van der Waals surface area contributed by atoms with E-state index in [0.717, 1.165) is 5.92 Å². The van der Waals surface area contributed by atoms with Crippen molar-refractivity contribution in [1.82, 2.24) is 10.2 Å². The van der Waals surface area contributed by atoms with E-state index in [4.69, 9.17) is 0 Å². The molecule has 1 N–H and O–H groups in total. The Bertz CT molecular complexity index is 183. The van der Waals surface area contributed by atoms with Gasteiger partial charge < -0.3 is 5.32 Å². The Labute approximate surface area is 95.4 Å². The third kappa shape index (κ3) is 2.73. The average molecular weight is 212 g/mol. The van der Waals surface area contributed by atoms with Crippen molar-refractivity contribution >= 4 is 0 Å². The Morgan fingerprint density at radius 2 is 1.80 bits per heavy atom.